The van der Waals surface area contributed by atoms with Gasteiger partial charge >= 0.3 is 0 Å². The minimum Gasteiger partial charge on any atom is -0.491 e. The van der Waals surface area contributed by atoms with Crippen LogP contribution in [-0.4, -0.2) is 46.8 Å². The van der Waals surface area contributed by atoms with Gasteiger partial charge in [0.05, 0.1) is 33.0 Å². The minimum atomic E-state index is 0.533. The summed E-state index contributed by atoms with van der Waals surface area (Å²) in [5, 5.41) is 0. The molecule has 0 aliphatic carbocycles. The van der Waals surface area contributed by atoms with E-state index in [2.05, 4.69) is 6.58 Å². The van der Waals surface area contributed by atoms with Crippen LogP contribution in [0.2, 0.25) is 0 Å². The van der Waals surface area contributed by atoms with E-state index in [1.54, 1.807) is 13.2 Å². The summed E-state index contributed by atoms with van der Waals surface area (Å²) in [4.78, 5) is 0. The second-order valence-electron chi connectivity index (χ2n) is 3.84. The Kier molecular flexibility index (Phi) is 8.72. The highest BCUT2D eigenvalue weighted by Gasteiger charge is 1.94. The van der Waals surface area contributed by atoms with E-state index in [1.165, 1.54) is 0 Å². The molecular weight excluding hydrogens is 244 g/mol. The quantitative estimate of drug-likeness (QED) is 0.576. The number of hydrogen-bond acceptors (Lipinski definition) is 4. The van der Waals surface area contributed by atoms with Gasteiger partial charge in [0.2, 0.25) is 0 Å². The summed E-state index contributed by atoms with van der Waals surface area (Å²) >= 11 is 0. The van der Waals surface area contributed by atoms with Gasteiger partial charge in [-0.15, -0.1) is 0 Å². The van der Waals surface area contributed by atoms with Crippen LogP contribution in [0.25, 0.3) is 6.08 Å². The largest absolute Gasteiger partial charge is 0.491 e. The lowest BCUT2D eigenvalue weighted by molar-refractivity contribution is 0.0180. The third-order valence-corrected chi connectivity index (χ3v) is 2.42. The molecule has 0 atom stereocenters. The monoisotopic (exact) mass is 266 g/mol. The van der Waals surface area contributed by atoms with Crippen molar-refractivity contribution < 1.29 is 18.9 Å². The van der Waals surface area contributed by atoms with E-state index in [1.807, 2.05) is 24.3 Å². The predicted octanol–water partition coefficient (Wildman–Crippen LogP) is 2.39. The molecule has 106 valence electrons. The standard InChI is InChI=1S/C15H22O4/c1-3-14-4-6-15(7-5-14)19-13-12-18-11-10-17-9-8-16-2/h3-7H,1,8-13H2,2H3. The van der Waals surface area contributed by atoms with Gasteiger partial charge in [-0.2, -0.15) is 0 Å². The molecule has 19 heavy (non-hydrogen) atoms. The number of rotatable bonds is 11. The fourth-order valence-electron chi connectivity index (χ4n) is 1.38. The molecule has 0 saturated carbocycles. The first kappa shape index (κ1) is 15.7. The maximum atomic E-state index is 5.53. The van der Waals surface area contributed by atoms with Crippen molar-refractivity contribution in [2.24, 2.45) is 0 Å². The average Bonchev–Trinajstić information content (AvgIpc) is 2.46. The van der Waals surface area contributed by atoms with Crippen molar-refractivity contribution in [3.8, 4) is 5.75 Å². The van der Waals surface area contributed by atoms with Crippen LogP contribution in [0.3, 0.4) is 0 Å². The third-order valence-electron chi connectivity index (χ3n) is 2.42. The van der Waals surface area contributed by atoms with E-state index < -0.39 is 0 Å². The fourth-order valence-corrected chi connectivity index (χ4v) is 1.38. The van der Waals surface area contributed by atoms with Gasteiger partial charge in [-0.3, -0.25) is 0 Å². The highest BCUT2D eigenvalue weighted by molar-refractivity contribution is 5.48. The minimum absolute atomic E-state index is 0.533. The average molecular weight is 266 g/mol. The molecule has 1 rings (SSSR count). The zero-order valence-corrected chi connectivity index (χ0v) is 11.5. The molecule has 0 aliphatic heterocycles. The molecule has 0 heterocycles. The van der Waals surface area contributed by atoms with Gasteiger partial charge in [-0.25, -0.2) is 0 Å². The summed E-state index contributed by atoms with van der Waals surface area (Å²) in [6, 6.07) is 7.77. The Morgan fingerprint density at radius 3 is 2.05 bits per heavy atom. The molecule has 0 unspecified atom stereocenters. The summed E-state index contributed by atoms with van der Waals surface area (Å²) in [7, 11) is 1.65. The van der Waals surface area contributed by atoms with Crippen LogP contribution >= 0.6 is 0 Å². The molecule has 0 saturated heterocycles. The van der Waals surface area contributed by atoms with Gasteiger partial charge in [-0.05, 0) is 17.7 Å². The SMILES string of the molecule is C=Cc1ccc(OCCOCCOCCOC)cc1. The van der Waals surface area contributed by atoms with Crippen LogP contribution in [0.4, 0.5) is 0 Å². The Labute approximate surface area is 114 Å². The molecule has 0 bridgehead atoms. The molecule has 0 fully saturated rings. The predicted molar refractivity (Wildman–Crippen MR) is 75.5 cm³/mol. The van der Waals surface area contributed by atoms with E-state index in [9.17, 15) is 0 Å². The van der Waals surface area contributed by atoms with Gasteiger partial charge in [0.1, 0.15) is 12.4 Å². The van der Waals surface area contributed by atoms with Crippen molar-refractivity contribution in [1.29, 1.82) is 0 Å². The van der Waals surface area contributed by atoms with E-state index in [-0.39, 0.29) is 0 Å². The second kappa shape index (κ2) is 10.6. The third kappa shape index (κ3) is 7.62. The summed E-state index contributed by atoms with van der Waals surface area (Å²) < 4.78 is 21.0. The molecule has 4 nitrogen and oxygen atoms in total. The molecule has 1 aromatic rings. The first-order valence-corrected chi connectivity index (χ1v) is 6.36. The van der Waals surface area contributed by atoms with Crippen molar-refractivity contribution in [1.82, 2.24) is 0 Å². The zero-order valence-electron chi connectivity index (χ0n) is 11.5. The Bertz CT molecular complexity index is 335. The van der Waals surface area contributed by atoms with E-state index in [4.69, 9.17) is 18.9 Å². The van der Waals surface area contributed by atoms with Gasteiger partial charge in [-0.1, -0.05) is 24.8 Å². The van der Waals surface area contributed by atoms with Gasteiger partial charge in [0.15, 0.2) is 0 Å². The summed E-state index contributed by atoms with van der Waals surface area (Å²) in [5.41, 5.74) is 1.08. The Balaban J connectivity index is 1.96. The molecule has 0 radical (unpaired) electrons. The second-order valence-corrected chi connectivity index (χ2v) is 3.84. The molecule has 4 heteroatoms. The van der Waals surface area contributed by atoms with Gasteiger partial charge in [0.25, 0.3) is 0 Å². The maximum absolute atomic E-state index is 5.53. The lowest BCUT2D eigenvalue weighted by Gasteiger charge is -2.08. The van der Waals surface area contributed by atoms with E-state index in [0.29, 0.717) is 39.6 Å². The lowest BCUT2D eigenvalue weighted by Crippen LogP contribution is -2.12. The van der Waals surface area contributed by atoms with Crippen LogP contribution in [0.1, 0.15) is 5.56 Å². The lowest BCUT2D eigenvalue weighted by atomic mass is 10.2. The Morgan fingerprint density at radius 2 is 1.47 bits per heavy atom. The summed E-state index contributed by atoms with van der Waals surface area (Å²) in [5.74, 6) is 0.838. The molecule has 0 amide bonds. The Morgan fingerprint density at radius 1 is 0.895 bits per heavy atom. The highest BCUT2D eigenvalue weighted by atomic mass is 16.6. The first-order chi connectivity index (χ1) is 9.36. The van der Waals surface area contributed by atoms with Crippen molar-refractivity contribution in [3.05, 3.63) is 36.4 Å². The van der Waals surface area contributed by atoms with Crippen LogP contribution in [-0.2, 0) is 14.2 Å². The highest BCUT2D eigenvalue weighted by Crippen LogP contribution is 2.12. The summed E-state index contributed by atoms with van der Waals surface area (Å²) in [6.07, 6.45) is 1.80. The van der Waals surface area contributed by atoms with Crippen molar-refractivity contribution in [2.45, 2.75) is 0 Å². The van der Waals surface area contributed by atoms with E-state index >= 15 is 0 Å². The topological polar surface area (TPSA) is 36.9 Å². The summed E-state index contributed by atoms with van der Waals surface area (Å²) in [6.45, 7) is 7.16. The first-order valence-electron chi connectivity index (χ1n) is 6.36. The zero-order chi connectivity index (χ0) is 13.8. The smallest absolute Gasteiger partial charge is 0.119 e. The molecule has 1 aromatic carbocycles. The molecule has 0 aromatic heterocycles. The van der Waals surface area contributed by atoms with Crippen molar-refractivity contribution >= 4 is 6.08 Å². The number of methoxy groups -OCH3 is 1. The Hall–Kier alpha value is -1.36. The van der Waals surface area contributed by atoms with Crippen LogP contribution < -0.4 is 4.74 Å². The van der Waals surface area contributed by atoms with Crippen LogP contribution in [0.5, 0.6) is 5.75 Å². The van der Waals surface area contributed by atoms with Gasteiger partial charge in [0, 0.05) is 7.11 Å². The molecule has 0 N–H and O–H groups in total. The fraction of sp³-hybridized carbons (Fsp3) is 0.467. The van der Waals surface area contributed by atoms with Crippen LogP contribution in [0, 0.1) is 0 Å². The maximum Gasteiger partial charge on any atom is 0.119 e. The van der Waals surface area contributed by atoms with Gasteiger partial charge < -0.3 is 18.9 Å². The molecule has 0 spiro atoms. The van der Waals surface area contributed by atoms with Crippen molar-refractivity contribution in [3.63, 3.8) is 0 Å². The van der Waals surface area contributed by atoms with E-state index in [0.717, 1.165) is 11.3 Å². The molecular formula is C15H22O4. The van der Waals surface area contributed by atoms with Crippen molar-refractivity contribution in [2.75, 3.05) is 46.8 Å². The normalized spacial score (nSPS) is 10.4. The molecule has 0 aliphatic rings. The number of benzene rings is 1. The number of hydrogen-bond donors (Lipinski definition) is 0. The number of ether oxygens (including phenoxy) is 4. The van der Waals surface area contributed by atoms with Crippen LogP contribution in [0.15, 0.2) is 30.8 Å².